The summed E-state index contributed by atoms with van der Waals surface area (Å²) in [5.41, 5.74) is 1.61. The predicted molar refractivity (Wildman–Crippen MR) is 78.3 cm³/mol. The number of hydrogen-bond donors (Lipinski definition) is 0. The summed E-state index contributed by atoms with van der Waals surface area (Å²) in [6.45, 7) is 2.17. The summed E-state index contributed by atoms with van der Waals surface area (Å²) >= 11 is 0. The minimum Gasteiger partial charge on any atom is -0.375 e. The first-order valence-corrected chi connectivity index (χ1v) is 7.62. The van der Waals surface area contributed by atoms with E-state index < -0.39 is 0 Å². The molecule has 1 aromatic carbocycles. The van der Waals surface area contributed by atoms with E-state index in [0.29, 0.717) is 18.5 Å². The Balaban J connectivity index is 1.70. The highest BCUT2D eigenvalue weighted by atomic mass is 16.5. The smallest absolute Gasteiger partial charge is 0.222 e. The molecule has 0 unspecified atom stereocenters. The van der Waals surface area contributed by atoms with Gasteiger partial charge in [0.25, 0.3) is 0 Å². The van der Waals surface area contributed by atoms with Gasteiger partial charge in [0.2, 0.25) is 5.91 Å². The Morgan fingerprint density at radius 1 is 1.33 bits per heavy atom. The molecule has 2 heterocycles. The molecule has 0 N–H and O–H groups in total. The lowest BCUT2D eigenvalue weighted by Gasteiger charge is -2.26. The summed E-state index contributed by atoms with van der Waals surface area (Å²) in [6.07, 6.45) is 4.53. The molecule has 0 radical (unpaired) electrons. The van der Waals surface area contributed by atoms with Crippen LogP contribution in [0.4, 0.5) is 0 Å². The molecule has 2 aliphatic rings. The van der Waals surface area contributed by atoms with Gasteiger partial charge in [-0.25, -0.2) is 0 Å². The molecule has 2 aliphatic heterocycles. The second kappa shape index (κ2) is 5.87. The highest BCUT2D eigenvalue weighted by Gasteiger charge is 2.38. The molecule has 0 bridgehead atoms. The lowest BCUT2D eigenvalue weighted by atomic mass is 9.92. The molecular weight excluding hydrogens is 264 g/mol. The quantitative estimate of drug-likeness (QED) is 0.839. The van der Waals surface area contributed by atoms with Gasteiger partial charge in [-0.1, -0.05) is 12.1 Å². The second-order valence-electron chi connectivity index (χ2n) is 6.01. The Morgan fingerprint density at radius 3 is 3.00 bits per heavy atom. The predicted octanol–water partition coefficient (Wildman–Crippen LogP) is 2.62. The number of rotatable bonds is 2. The Morgan fingerprint density at radius 2 is 2.24 bits per heavy atom. The summed E-state index contributed by atoms with van der Waals surface area (Å²) in [7, 11) is 0. The van der Waals surface area contributed by atoms with Crippen LogP contribution in [0.1, 0.15) is 43.2 Å². The highest BCUT2D eigenvalue weighted by Crippen LogP contribution is 2.36. The van der Waals surface area contributed by atoms with Crippen LogP contribution in [-0.4, -0.2) is 29.6 Å². The van der Waals surface area contributed by atoms with E-state index >= 15 is 0 Å². The number of nitrogens with zero attached hydrogens (tertiary/aromatic N) is 2. The van der Waals surface area contributed by atoms with Crippen molar-refractivity contribution < 1.29 is 9.53 Å². The molecule has 2 saturated heterocycles. The highest BCUT2D eigenvalue weighted by molar-refractivity contribution is 5.76. The molecule has 0 aromatic heterocycles. The van der Waals surface area contributed by atoms with Gasteiger partial charge in [0.1, 0.15) is 0 Å². The number of carbonyl (C=O) groups is 1. The topological polar surface area (TPSA) is 53.3 Å². The molecule has 1 amide bonds. The summed E-state index contributed by atoms with van der Waals surface area (Å²) in [5, 5.41) is 8.96. The number of likely N-dealkylation sites (tertiary alicyclic amines) is 1. The minimum atomic E-state index is -0.0566. The first-order valence-electron chi connectivity index (χ1n) is 7.62. The van der Waals surface area contributed by atoms with Crippen LogP contribution in [0.25, 0.3) is 0 Å². The number of hydrogen-bond acceptors (Lipinski definition) is 3. The second-order valence-corrected chi connectivity index (χ2v) is 6.01. The molecule has 1 spiro atoms. The fourth-order valence-corrected chi connectivity index (χ4v) is 3.36. The standard InChI is InChI=1S/C17H20N2O2/c18-12-14-3-1-4-15(11-14)13-19-9-8-17(6-2-10-21-17)7-5-16(19)20/h1,3-4,11H,2,5-10,13H2/t17-/m1/s1. The van der Waals surface area contributed by atoms with Crippen LogP contribution in [0.3, 0.4) is 0 Å². The Hall–Kier alpha value is -1.86. The van der Waals surface area contributed by atoms with Gasteiger partial charge in [-0.3, -0.25) is 4.79 Å². The maximum absolute atomic E-state index is 12.3. The van der Waals surface area contributed by atoms with Gasteiger partial charge in [0.05, 0.1) is 17.2 Å². The first-order chi connectivity index (χ1) is 10.2. The van der Waals surface area contributed by atoms with Crippen LogP contribution >= 0.6 is 0 Å². The van der Waals surface area contributed by atoms with Gasteiger partial charge in [-0.15, -0.1) is 0 Å². The molecule has 110 valence electrons. The van der Waals surface area contributed by atoms with E-state index in [-0.39, 0.29) is 11.5 Å². The van der Waals surface area contributed by atoms with Gasteiger partial charge in [-0.2, -0.15) is 5.26 Å². The number of benzene rings is 1. The van der Waals surface area contributed by atoms with Crippen LogP contribution in [0.15, 0.2) is 24.3 Å². The summed E-state index contributed by atoms with van der Waals surface area (Å²) in [4.78, 5) is 14.2. The number of ether oxygens (including phenoxy) is 1. The maximum Gasteiger partial charge on any atom is 0.222 e. The third-order valence-corrected chi connectivity index (χ3v) is 4.60. The summed E-state index contributed by atoms with van der Waals surface area (Å²) in [5.74, 6) is 0.199. The normalized spacial score (nSPS) is 25.9. The monoisotopic (exact) mass is 284 g/mol. The van der Waals surface area contributed by atoms with Gasteiger partial charge in [0.15, 0.2) is 0 Å². The van der Waals surface area contributed by atoms with Crippen LogP contribution in [0.2, 0.25) is 0 Å². The van der Waals surface area contributed by atoms with E-state index in [1.807, 2.05) is 23.1 Å². The molecule has 2 fully saturated rings. The van der Waals surface area contributed by atoms with Gasteiger partial charge in [0, 0.05) is 26.1 Å². The number of carbonyl (C=O) groups excluding carboxylic acids is 1. The zero-order valence-electron chi connectivity index (χ0n) is 12.2. The molecule has 1 atom stereocenters. The average Bonchev–Trinajstić information content (AvgIpc) is 2.92. The summed E-state index contributed by atoms with van der Waals surface area (Å²) in [6, 6.07) is 9.64. The molecule has 4 nitrogen and oxygen atoms in total. The summed E-state index contributed by atoms with van der Waals surface area (Å²) < 4.78 is 5.92. The van der Waals surface area contributed by atoms with E-state index in [0.717, 1.165) is 44.4 Å². The molecule has 3 rings (SSSR count). The first kappa shape index (κ1) is 14.1. The lowest BCUT2D eigenvalue weighted by molar-refractivity contribution is -0.131. The SMILES string of the molecule is N#Cc1cccc(CN2CC[C@@]3(CCCO3)CCC2=O)c1. The van der Waals surface area contributed by atoms with E-state index in [4.69, 9.17) is 10.00 Å². The van der Waals surface area contributed by atoms with Crippen molar-refractivity contribution in [3.05, 3.63) is 35.4 Å². The number of nitriles is 1. The largest absolute Gasteiger partial charge is 0.375 e. The van der Waals surface area contributed by atoms with Gasteiger partial charge >= 0.3 is 0 Å². The van der Waals surface area contributed by atoms with Crippen molar-refractivity contribution in [3.63, 3.8) is 0 Å². The van der Waals surface area contributed by atoms with Crippen molar-refractivity contribution in [1.82, 2.24) is 4.90 Å². The Kier molecular flexibility index (Phi) is 3.94. The maximum atomic E-state index is 12.3. The van der Waals surface area contributed by atoms with E-state index in [2.05, 4.69) is 6.07 Å². The fourth-order valence-electron chi connectivity index (χ4n) is 3.36. The Bertz CT molecular complexity index is 570. The Labute approximate surface area is 125 Å². The molecule has 4 heteroatoms. The average molecular weight is 284 g/mol. The third kappa shape index (κ3) is 3.08. The lowest BCUT2D eigenvalue weighted by Crippen LogP contribution is -2.32. The van der Waals surface area contributed by atoms with Crippen molar-refractivity contribution in [1.29, 1.82) is 5.26 Å². The van der Waals surface area contributed by atoms with Crippen molar-refractivity contribution >= 4 is 5.91 Å². The van der Waals surface area contributed by atoms with E-state index in [9.17, 15) is 4.79 Å². The molecule has 1 aromatic rings. The van der Waals surface area contributed by atoms with Crippen LogP contribution in [0, 0.1) is 11.3 Å². The zero-order chi connectivity index (χ0) is 14.7. The van der Waals surface area contributed by atoms with E-state index in [1.165, 1.54) is 0 Å². The van der Waals surface area contributed by atoms with Crippen molar-refractivity contribution in [2.24, 2.45) is 0 Å². The third-order valence-electron chi connectivity index (χ3n) is 4.60. The van der Waals surface area contributed by atoms with Crippen molar-refractivity contribution in [2.75, 3.05) is 13.2 Å². The van der Waals surface area contributed by atoms with Crippen LogP contribution in [0.5, 0.6) is 0 Å². The molecule has 0 aliphatic carbocycles. The van der Waals surface area contributed by atoms with Crippen LogP contribution < -0.4 is 0 Å². The number of amides is 1. The van der Waals surface area contributed by atoms with Crippen LogP contribution in [-0.2, 0) is 16.1 Å². The minimum absolute atomic E-state index is 0.0566. The van der Waals surface area contributed by atoms with Gasteiger partial charge < -0.3 is 9.64 Å². The van der Waals surface area contributed by atoms with Gasteiger partial charge in [-0.05, 0) is 43.4 Å². The van der Waals surface area contributed by atoms with Crippen molar-refractivity contribution in [3.8, 4) is 6.07 Å². The van der Waals surface area contributed by atoms with Crippen molar-refractivity contribution in [2.45, 2.75) is 44.2 Å². The van der Waals surface area contributed by atoms with E-state index in [1.54, 1.807) is 6.07 Å². The molecule has 21 heavy (non-hydrogen) atoms. The molecular formula is C17H20N2O2. The fraction of sp³-hybridized carbons (Fsp3) is 0.529. The zero-order valence-corrected chi connectivity index (χ0v) is 12.2. The molecule has 0 saturated carbocycles.